The van der Waals surface area contributed by atoms with Gasteiger partial charge in [0.25, 0.3) is 0 Å². The van der Waals surface area contributed by atoms with Gasteiger partial charge < -0.3 is 9.47 Å². The van der Waals surface area contributed by atoms with E-state index in [9.17, 15) is 4.79 Å². The summed E-state index contributed by atoms with van der Waals surface area (Å²) in [6, 6.07) is 0. The third kappa shape index (κ3) is 11.1. The molecule has 0 N–H and O–H groups in total. The first kappa shape index (κ1) is 21.5. The van der Waals surface area contributed by atoms with Crippen LogP contribution in [0.5, 0.6) is 0 Å². The number of rotatable bonds is 15. The maximum Gasteiger partial charge on any atom is 0.308 e. The largest absolute Gasteiger partial charge is 0.469 e. The maximum absolute atomic E-state index is 11.2. The number of hydrogen-bond acceptors (Lipinski definition) is 3. The summed E-state index contributed by atoms with van der Waals surface area (Å²) in [6.07, 6.45) is 20.9. The Bertz CT molecular complexity index is 303. The number of unbranched alkanes of at least 4 members (excludes halogenated alkanes) is 11. The van der Waals surface area contributed by atoms with Gasteiger partial charge in [-0.2, -0.15) is 0 Å². The first-order chi connectivity index (χ1) is 11.8. The predicted octanol–water partition coefficient (Wildman–Crippen LogP) is 6.19. The molecule has 1 rings (SSSR count). The lowest BCUT2D eigenvalue weighted by Crippen LogP contribution is -2.16. The molecule has 0 spiro atoms. The Kier molecular flexibility index (Phi) is 13.2. The van der Waals surface area contributed by atoms with E-state index in [2.05, 4.69) is 6.92 Å². The number of esters is 1. The minimum absolute atomic E-state index is 0.0970. The fourth-order valence-corrected chi connectivity index (χ4v) is 3.62. The summed E-state index contributed by atoms with van der Waals surface area (Å²) < 4.78 is 10.6. The summed E-state index contributed by atoms with van der Waals surface area (Å²) in [5.74, 6) is -0.147. The summed E-state index contributed by atoms with van der Waals surface area (Å²) in [7, 11) is 1.45. The molecule has 2 unspecified atom stereocenters. The van der Waals surface area contributed by atoms with Crippen LogP contribution in [0.3, 0.4) is 0 Å². The molecule has 3 nitrogen and oxygen atoms in total. The number of methoxy groups -OCH3 is 1. The fourth-order valence-electron chi connectivity index (χ4n) is 3.62. The van der Waals surface area contributed by atoms with Gasteiger partial charge in [0.05, 0.1) is 25.7 Å². The SMILES string of the molecule is CCCCCCCCCCCCCCC1CCC(CC(=O)OC)O1. The molecule has 1 aliphatic rings. The van der Waals surface area contributed by atoms with Crippen LogP contribution in [0.2, 0.25) is 0 Å². The van der Waals surface area contributed by atoms with Gasteiger partial charge >= 0.3 is 5.97 Å². The Morgan fingerprint density at radius 2 is 1.33 bits per heavy atom. The van der Waals surface area contributed by atoms with Gasteiger partial charge in [-0.15, -0.1) is 0 Å². The quantitative estimate of drug-likeness (QED) is 0.263. The highest BCUT2D eigenvalue weighted by Gasteiger charge is 2.26. The average Bonchev–Trinajstić information content (AvgIpc) is 3.03. The molecule has 142 valence electrons. The van der Waals surface area contributed by atoms with Gasteiger partial charge in [0, 0.05) is 0 Å². The Labute approximate surface area is 149 Å². The third-order valence-corrected chi connectivity index (χ3v) is 5.20. The van der Waals surface area contributed by atoms with E-state index in [1.54, 1.807) is 0 Å². The summed E-state index contributed by atoms with van der Waals surface area (Å²) in [4.78, 5) is 11.2. The van der Waals surface area contributed by atoms with E-state index in [1.165, 1.54) is 84.2 Å². The highest BCUT2D eigenvalue weighted by molar-refractivity contribution is 5.69. The van der Waals surface area contributed by atoms with Crippen LogP contribution >= 0.6 is 0 Å². The Balaban J connectivity index is 1.82. The molecule has 0 amide bonds. The molecule has 1 saturated heterocycles. The van der Waals surface area contributed by atoms with E-state index in [4.69, 9.17) is 9.47 Å². The van der Waals surface area contributed by atoms with Gasteiger partial charge in [-0.25, -0.2) is 0 Å². The standard InChI is InChI=1S/C21H40O3/c1-3-4-5-6-7-8-9-10-11-12-13-14-15-19-16-17-20(24-19)18-21(22)23-2/h19-20H,3-18H2,1-2H3. The lowest BCUT2D eigenvalue weighted by atomic mass is 10.0. The monoisotopic (exact) mass is 340 g/mol. The second kappa shape index (κ2) is 14.7. The van der Waals surface area contributed by atoms with Crippen LogP contribution in [0.15, 0.2) is 0 Å². The number of carbonyl (C=O) groups is 1. The minimum atomic E-state index is -0.147. The molecule has 1 fully saturated rings. The van der Waals surface area contributed by atoms with Crippen LogP contribution in [0.1, 0.15) is 110 Å². The molecular weight excluding hydrogens is 300 g/mol. The molecular formula is C21H40O3. The fraction of sp³-hybridized carbons (Fsp3) is 0.952. The van der Waals surface area contributed by atoms with Crippen LogP contribution in [0.25, 0.3) is 0 Å². The van der Waals surface area contributed by atoms with Crippen LogP contribution in [0, 0.1) is 0 Å². The van der Waals surface area contributed by atoms with Crippen molar-refractivity contribution in [2.75, 3.05) is 7.11 Å². The average molecular weight is 341 g/mol. The molecule has 0 saturated carbocycles. The minimum Gasteiger partial charge on any atom is -0.469 e. The molecule has 1 heterocycles. The van der Waals surface area contributed by atoms with E-state index in [0.717, 1.165) is 19.3 Å². The van der Waals surface area contributed by atoms with Gasteiger partial charge in [-0.1, -0.05) is 84.0 Å². The second-order valence-electron chi connectivity index (χ2n) is 7.42. The number of ether oxygens (including phenoxy) is 2. The smallest absolute Gasteiger partial charge is 0.308 e. The Hall–Kier alpha value is -0.570. The van der Waals surface area contributed by atoms with Crippen molar-refractivity contribution in [2.24, 2.45) is 0 Å². The summed E-state index contributed by atoms with van der Waals surface area (Å²) >= 11 is 0. The molecule has 0 bridgehead atoms. The summed E-state index contributed by atoms with van der Waals surface area (Å²) in [6.45, 7) is 2.28. The zero-order valence-corrected chi connectivity index (χ0v) is 16.2. The first-order valence-electron chi connectivity index (χ1n) is 10.5. The molecule has 0 aromatic rings. The topological polar surface area (TPSA) is 35.5 Å². The molecule has 0 aliphatic carbocycles. The van der Waals surface area contributed by atoms with Gasteiger partial charge in [0.2, 0.25) is 0 Å². The van der Waals surface area contributed by atoms with E-state index in [1.807, 2.05) is 0 Å². The van der Waals surface area contributed by atoms with Crippen molar-refractivity contribution in [1.29, 1.82) is 0 Å². The first-order valence-corrected chi connectivity index (χ1v) is 10.5. The van der Waals surface area contributed by atoms with Gasteiger partial charge in [-0.05, 0) is 19.3 Å². The molecule has 24 heavy (non-hydrogen) atoms. The molecule has 1 aliphatic heterocycles. The van der Waals surface area contributed by atoms with E-state index >= 15 is 0 Å². The highest BCUT2D eigenvalue weighted by Crippen LogP contribution is 2.26. The lowest BCUT2D eigenvalue weighted by molar-refractivity contribution is -0.143. The van der Waals surface area contributed by atoms with Gasteiger partial charge in [-0.3, -0.25) is 4.79 Å². The zero-order chi connectivity index (χ0) is 17.5. The number of hydrogen-bond donors (Lipinski definition) is 0. The van der Waals surface area contributed by atoms with Crippen LogP contribution in [-0.4, -0.2) is 25.3 Å². The van der Waals surface area contributed by atoms with E-state index in [-0.39, 0.29) is 12.1 Å². The molecule has 3 heteroatoms. The van der Waals surface area contributed by atoms with Crippen LogP contribution in [0.4, 0.5) is 0 Å². The van der Waals surface area contributed by atoms with Crippen molar-refractivity contribution in [2.45, 2.75) is 122 Å². The van der Waals surface area contributed by atoms with Gasteiger partial charge in [0.1, 0.15) is 0 Å². The van der Waals surface area contributed by atoms with E-state index in [0.29, 0.717) is 12.5 Å². The highest BCUT2D eigenvalue weighted by atomic mass is 16.5. The predicted molar refractivity (Wildman–Crippen MR) is 100 cm³/mol. The summed E-state index contributed by atoms with van der Waals surface area (Å²) in [5, 5.41) is 0. The van der Waals surface area contributed by atoms with Crippen molar-refractivity contribution in [1.82, 2.24) is 0 Å². The Morgan fingerprint density at radius 3 is 1.88 bits per heavy atom. The zero-order valence-electron chi connectivity index (χ0n) is 16.2. The molecule has 0 aromatic heterocycles. The van der Waals surface area contributed by atoms with Crippen LogP contribution in [-0.2, 0) is 14.3 Å². The summed E-state index contributed by atoms with van der Waals surface area (Å²) in [5.41, 5.74) is 0. The second-order valence-corrected chi connectivity index (χ2v) is 7.42. The Morgan fingerprint density at radius 1 is 0.833 bits per heavy atom. The van der Waals surface area contributed by atoms with Crippen molar-refractivity contribution < 1.29 is 14.3 Å². The lowest BCUT2D eigenvalue weighted by Gasteiger charge is -2.12. The van der Waals surface area contributed by atoms with Crippen molar-refractivity contribution in [3.8, 4) is 0 Å². The molecule has 0 radical (unpaired) electrons. The van der Waals surface area contributed by atoms with Crippen molar-refractivity contribution in [3.05, 3.63) is 0 Å². The maximum atomic E-state index is 11.2. The number of carbonyl (C=O) groups excluding carboxylic acids is 1. The third-order valence-electron chi connectivity index (χ3n) is 5.20. The normalized spacial score (nSPS) is 20.4. The van der Waals surface area contributed by atoms with Crippen molar-refractivity contribution in [3.63, 3.8) is 0 Å². The van der Waals surface area contributed by atoms with Gasteiger partial charge in [0.15, 0.2) is 0 Å². The van der Waals surface area contributed by atoms with Crippen LogP contribution < -0.4 is 0 Å². The molecule has 0 aromatic carbocycles. The van der Waals surface area contributed by atoms with Crippen molar-refractivity contribution >= 4 is 5.97 Å². The van der Waals surface area contributed by atoms with E-state index < -0.39 is 0 Å². The molecule has 2 atom stereocenters.